The van der Waals surface area contributed by atoms with Crippen LogP contribution >= 0.6 is 12.4 Å². The highest BCUT2D eigenvalue weighted by Crippen LogP contribution is 2.22. The smallest absolute Gasteiger partial charge is 0.226 e. The fraction of sp³-hybridized carbons (Fsp3) is 0.909. The number of carbonyl (C=O) groups excluding carboxylic acids is 1. The van der Waals surface area contributed by atoms with Crippen LogP contribution in [0.4, 0.5) is 0 Å². The molecule has 0 radical (unpaired) electrons. The van der Waals surface area contributed by atoms with E-state index in [0.717, 1.165) is 19.3 Å². The van der Waals surface area contributed by atoms with Crippen molar-refractivity contribution in [2.75, 3.05) is 14.1 Å². The number of nitrogens with zero attached hydrogens (tertiary/aromatic N) is 1. The molecule has 1 fully saturated rings. The summed E-state index contributed by atoms with van der Waals surface area (Å²) in [4.78, 5) is 13.5. The second-order valence-electron chi connectivity index (χ2n) is 4.49. The third kappa shape index (κ3) is 4.39. The zero-order valence-corrected chi connectivity index (χ0v) is 10.6. The van der Waals surface area contributed by atoms with Crippen LogP contribution in [0.3, 0.4) is 0 Å². The number of hydrogen-bond donors (Lipinski definition) is 1. The molecule has 1 rings (SSSR count). The Bertz CT molecular complexity index is 197. The molecule has 0 spiro atoms. The highest BCUT2D eigenvalue weighted by atomic mass is 35.5. The van der Waals surface area contributed by atoms with E-state index in [1.165, 1.54) is 19.3 Å². The quantitative estimate of drug-likeness (QED) is 0.752. The molecule has 0 aromatic rings. The lowest BCUT2D eigenvalue weighted by Crippen LogP contribution is -2.41. The molecular formula is C11H23ClN2O. The molecule has 4 heteroatoms. The Hall–Kier alpha value is -0.280. The largest absolute Gasteiger partial charge is 0.349 e. The first-order chi connectivity index (χ1) is 6.63. The van der Waals surface area contributed by atoms with Gasteiger partial charge in [0.2, 0.25) is 5.91 Å². The number of amides is 1. The first kappa shape index (κ1) is 14.7. The molecule has 2 atom stereocenters. The Morgan fingerprint density at radius 2 is 1.67 bits per heavy atom. The average molecular weight is 235 g/mol. The lowest BCUT2D eigenvalue weighted by atomic mass is 9.86. The van der Waals surface area contributed by atoms with Gasteiger partial charge in [0, 0.05) is 20.1 Å². The van der Waals surface area contributed by atoms with Crippen LogP contribution in [-0.4, -0.2) is 30.9 Å². The minimum absolute atomic E-state index is 0. The lowest BCUT2D eigenvalue weighted by molar-refractivity contribution is -0.134. The highest BCUT2D eigenvalue weighted by molar-refractivity contribution is 5.85. The van der Waals surface area contributed by atoms with E-state index in [9.17, 15) is 4.79 Å². The van der Waals surface area contributed by atoms with Crippen molar-refractivity contribution in [3.05, 3.63) is 0 Å². The summed E-state index contributed by atoms with van der Waals surface area (Å²) in [6, 6.07) is 0.0743. The summed E-state index contributed by atoms with van der Waals surface area (Å²) in [5.41, 5.74) is 6.04. The van der Waals surface area contributed by atoms with Gasteiger partial charge in [-0.05, 0) is 12.8 Å². The lowest BCUT2D eigenvalue weighted by Gasteiger charge is -2.27. The molecule has 1 saturated carbocycles. The van der Waals surface area contributed by atoms with E-state index in [1.807, 2.05) is 14.1 Å². The number of halogens is 1. The molecule has 3 nitrogen and oxygen atoms in total. The van der Waals surface area contributed by atoms with Crippen molar-refractivity contribution in [1.29, 1.82) is 0 Å². The van der Waals surface area contributed by atoms with E-state index < -0.39 is 0 Å². The van der Waals surface area contributed by atoms with Gasteiger partial charge in [-0.3, -0.25) is 4.79 Å². The summed E-state index contributed by atoms with van der Waals surface area (Å²) in [6.07, 6.45) is 6.83. The highest BCUT2D eigenvalue weighted by Gasteiger charge is 2.27. The topological polar surface area (TPSA) is 46.3 Å². The fourth-order valence-corrected chi connectivity index (χ4v) is 2.15. The molecule has 15 heavy (non-hydrogen) atoms. The van der Waals surface area contributed by atoms with Crippen molar-refractivity contribution in [3.8, 4) is 0 Å². The molecule has 0 aromatic carbocycles. The molecule has 90 valence electrons. The molecule has 0 aromatic heterocycles. The van der Waals surface area contributed by atoms with Crippen molar-refractivity contribution >= 4 is 18.3 Å². The van der Waals surface area contributed by atoms with Gasteiger partial charge in [-0.15, -0.1) is 12.4 Å². The normalized spacial score (nSPS) is 27.1. The van der Waals surface area contributed by atoms with Gasteiger partial charge in [0.25, 0.3) is 0 Å². The molecule has 2 unspecified atom stereocenters. The Morgan fingerprint density at radius 1 is 1.13 bits per heavy atom. The standard InChI is InChI=1S/C11H22N2O.ClH/c1-13(2)11(14)9-7-5-3-4-6-8-10(9)12;/h9-10H,3-8,12H2,1-2H3;1H. The van der Waals surface area contributed by atoms with Crippen LogP contribution in [0.25, 0.3) is 0 Å². The minimum Gasteiger partial charge on any atom is -0.349 e. The predicted molar refractivity (Wildman–Crippen MR) is 65.1 cm³/mol. The summed E-state index contributed by atoms with van der Waals surface area (Å²) >= 11 is 0. The van der Waals surface area contributed by atoms with Gasteiger partial charge in [-0.2, -0.15) is 0 Å². The summed E-state index contributed by atoms with van der Waals surface area (Å²) in [5, 5.41) is 0. The number of carbonyl (C=O) groups is 1. The van der Waals surface area contributed by atoms with Crippen LogP contribution in [0.5, 0.6) is 0 Å². The van der Waals surface area contributed by atoms with E-state index in [-0.39, 0.29) is 30.3 Å². The summed E-state index contributed by atoms with van der Waals surface area (Å²) in [5.74, 6) is 0.268. The van der Waals surface area contributed by atoms with Gasteiger partial charge in [0.15, 0.2) is 0 Å². The Kier molecular flexibility index (Phi) is 6.94. The fourth-order valence-electron chi connectivity index (χ4n) is 2.15. The zero-order valence-electron chi connectivity index (χ0n) is 9.74. The molecule has 1 aliphatic carbocycles. The maximum Gasteiger partial charge on any atom is 0.226 e. The third-order valence-corrected chi connectivity index (χ3v) is 3.08. The Labute approximate surface area is 98.8 Å². The van der Waals surface area contributed by atoms with Gasteiger partial charge in [0.05, 0.1) is 5.92 Å². The molecule has 0 bridgehead atoms. The number of hydrogen-bond acceptors (Lipinski definition) is 2. The van der Waals surface area contributed by atoms with Gasteiger partial charge >= 0.3 is 0 Å². The van der Waals surface area contributed by atoms with Gasteiger partial charge in [-0.1, -0.05) is 25.7 Å². The van der Waals surface area contributed by atoms with E-state index in [0.29, 0.717) is 0 Å². The van der Waals surface area contributed by atoms with Crippen molar-refractivity contribution < 1.29 is 4.79 Å². The summed E-state index contributed by atoms with van der Waals surface area (Å²) < 4.78 is 0. The summed E-state index contributed by atoms with van der Waals surface area (Å²) in [6.45, 7) is 0. The summed E-state index contributed by atoms with van der Waals surface area (Å²) in [7, 11) is 3.63. The van der Waals surface area contributed by atoms with Crippen LogP contribution < -0.4 is 5.73 Å². The van der Waals surface area contributed by atoms with E-state index >= 15 is 0 Å². The number of rotatable bonds is 1. The molecular weight excluding hydrogens is 212 g/mol. The van der Waals surface area contributed by atoms with Crippen LogP contribution in [-0.2, 0) is 4.79 Å². The Balaban J connectivity index is 0.00000196. The van der Waals surface area contributed by atoms with Crippen LogP contribution in [0.2, 0.25) is 0 Å². The molecule has 2 N–H and O–H groups in total. The van der Waals surface area contributed by atoms with Crippen molar-refractivity contribution in [3.63, 3.8) is 0 Å². The Morgan fingerprint density at radius 3 is 2.20 bits per heavy atom. The second-order valence-corrected chi connectivity index (χ2v) is 4.49. The van der Waals surface area contributed by atoms with Crippen molar-refractivity contribution in [2.45, 2.75) is 44.6 Å². The SMILES string of the molecule is CN(C)C(=O)C1CCCCCCC1N.Cl. The molecule has 0 heterocycles. The van der Waals surface area contributed by atoms with Crippen LogP contribution in [0, 0.1) is 5.92 Å². The van der Waals surface area contributed by atoms with Gasteiger partial charge in [0.1, 0.15) is 0 Å². The van der Waals surface area contributed by atoms with Crippen molar-refractivity contribution in [1.82, 2.24) is 4.90 Å². The third-order valence-electron chi connectivity index (χ3n) is 3.08. The first-order valence-electron chi connectivity index (χ1n) is 5.59. The number of nitrogens with two attached hydrogens (primary N) is 1. The van der Waals surface area contributed by atoms with Crippen molar-refractivity contribution in [2.24, 2.45) is 11.7 Å². The average Bonchev–Trinajstić information content (AvgIpc) is 2.11. The van der Waals surface area contributed by atoms with E-state index in [2.05, 4.69) is 0 Å². The van der Waals surface area contributed by atoms with Crippen LogP contribution in [0.15, 0.2) is 0 Å². The van der Waals surface area contributed by atoms with E-state index in [4.69, 9.17) is 5.73 Å². The monoisotopic (exact) mass is 234 g/mol. The molecule has 0 aliphatic heterocycles. The molecule has 1 amide bonds. The van der Waals surface area contributed by atoms with Crippen LogP contribution in [0.1, 0.15) is 38.5 Å². The first-order valence-corrected chi connectivity index (χ1v) is 5.59. The second kappa shape index (κ2) is 7.07. The molecule has 0 saturated heterocycles. The molecule has 1 aliphatic rings. The predicted octanol–water partition coefficient (Wildman–Crippen LogP) is 1.79. The van der Waals surface area contributed by atoms with Gasteiger partial charge < -0.3 is 10.6 Å². The van der Waals surface area contributed by atoms with E-state index in [1.54, 1.807) is 4.90 Å². The minimum atomic E-state index is 0. The maximum absolute atomic E-state index is 11.8. The maximum atomic E-state index is 11.8. The zero-order chi connectivity index (χ0) is 10.6. The van der Waals surface area contributed by atoms with Gasteiger partial charge in [-0.25, -0.2) is 0 Å².